The van der Waals surface area contributed by atoms with Crippen molar-refractivity contribution in [1.82, 2.24) is 19.8 Å². The van der Waals surface area contributed by atoms with Gasteiger partial charge in [0.15, 0.2) is 0 Å². The summed E-state index contributed by atoms with van der Waals surface area (Å²) in [6.07, 6.45) is 2.00. The number of aromatic nitrogens is 2. The number of carbonyl (C=O) groups is 2. The van der Waals surface area contributed by atoms with Crippen molar-refractivity contribution in [1.29, 1.82) is 0 Å². The number of carbonyl (C=O) groups excluding carboxylic acids is 2. The first-order valence-electron chi connectivity index (χ1n) is 12.2. The fraction of sp³-hybridized carbons (Fsp3) is 0.500. The number of thiazole rings is 1. The van der Waals surface area contributed by atoms with Crippen molar-refractivity contribution < 1.29 is 14.3 Å². The van der Waals surface area contributed by atoms with Crippen molar-refractivity contribution in [3.8, 4) is 0 Å². The fourth-order valence-electron chi connectivity index (χ4n) is 3.93. The summed E-state index contributed by atoms with van der Waals surface area (Å²) in [4.78, 5) is 43.2. The highest BCUT2D eigenvalue weighted by molar-refractivity contribution is 8.02. The van der Waals surface area contributed by atoms with Crippen LogP contribution in [0.25, 0.3) is 5.70 Å². The molecule has 1 N–H and O–H groups in total. The monoisotopic (exact) mass is 544 g/mol. The molecule has 0 radical (unpaired) electrons. The molecule has 1 aliphatic heterocycles. The molecule has 0 aromatic carbocycles. The average Bonchev–Trinajstić information content (AvgIpc) is 3.20. The topological polar surface area (TPSA) is 100 Å². The molecule has 1 saturated heterocycles. The van der Waals surface area contributed by atoms with Crippen LogP contribution >= 0.6 is 23.1 Å². The molecule has 0 bridgehead atoms. The largest absolute Gasteiger partial charge is 0.444 e. The Balaban J connectivity index is 1.53. The molecule has 0 aliphatic carbocycles. The van der Waals surface area contributed by atoms with E-state index in [1.54, 1.807) is 51.2 Å². The van der Waals surface area contributed by atoms with Crippen LogP contribution < -0.4 is 5.32 Å². The molecule has 3 heterocycles. The van der Waals surface area contributed by atoms with Crippen LogP contribution in [-0.2, 0) is 4.74 Å². The van der Waals surface area contributed by atoms with E-state index in [1.165, 1.54) is 0 Å². The summed E-state index contributed by atoms with van der Waals surface area (Å²) in [6, 6.07) is 3.49. The lowest BCUT2D eigenvalue weighted by Gasteiger charge is -2.41. The molecule has 1 aliphatic rings. The van der Waals surface area contributed by atoms with Gasteiger partial charge in [-0.05, 0) is 65.3 Å². The molecule has 200 valence electrons. The van der Waals surface area contributed by atoms with Gasteiger partial charge in [0, 0.05) is 25.8 Å². The van der Waals surface area contributed by atoms with Gasteiger partial charge in [0.1, 0.15) is 11.4 Å². The van der Waals surface area contributed by atoms with E-state index in [9.17, 15) is 9.59 Å². The molecule has 0 saturated carbocycles. The summed E-state index contributed by atoms with van der Waals surface area (Å²) in [5.74, 6) is 1.17. The summed E-state index contributed by atoms with van der Waals surface area (Å²) in [6.45, 7) is 16.6. The van der Waals surface area contributed by atoms with Crippen molar-refractivity contribution in [2.75, 3.05) is 30.8 Å². The number of pyridine rings is 1. The SMILES string of the molecule is C=N/C(=C\SCNc1ccc(C(=O)N2CCN(C(=O)OC(C)(C)C)[C@H](CC)C2)cn1)c1sc(C)nc1C. The molecule has 2 aromatic heterocycles. The van der Waals surface area contributed by atoms with Gasteiger partial charge in [-0.25, -0.2) is 14.8 Å². The summed E-state index contributed by atoms with van der Waals surface area (Å²) in [7, 11) is 0. The first-order chi connectivity index (χ1) is 17.5. The van der Waals surface area contributed by atoms with E-state index >= 15 is 0 Å². The molecule has 1 atom stereocenters. The highest BCUT2D eigenvalue weighted by Gasteiger charge is 2.34. The van der Waals surface area contributed by atoms with Crippen LogP contribution in [0, 0.1) is 13.8 Å². The van der Waals surface area contributed by atoms with Gasteiger partial charge in [0.2, 0.25) is 0 Å². The Bertz CT molecular complexity index is 1140. The lowest BCUT2D eigenvalue weighted by molar-refractivity contribution is -0.00120. The Kier molecular flexibility index (Phi) is 9.72. The van der Waals surface area contributed by atoms with Crippen LogP contribution in [0.15, 0.2) is 28.7 Å². The van der Waals surface area contributed by atoms with Crippen molar-refractivity contribution in [2.24, 2.45) is 4.99 Å². The predicted octanol–water partition coefficient (Wildman–Crippen LogP) is 5.43. The zero-order valence-corrected chi connectivity index (χ0v) is 24.0. The molecule has 0 spiro atoms. The highest BCUT2D eigenvalue weighted by atomic mass is 32.2. The number of aryl methyl sites for hydroxylation is 2. The summed E-state index contributed by atoms with van der Waals surface area (Å²) < 4.78 is 5.54. The van der Waals surface area contributed by atoms with Gasteiger partial charge in [-0.3, -0.25) is 9.79 Å². The van der Waals surface area contributed by atoms with E-state index in [0.717, 1.165) is 27.7 Å². The zero-order valence-electron chi connectivity index (χ0n) is 22.4. The lowest BCUT2D eigenvalue weighted by atomic mass is 10.1. The summed E-state index contributed by atoms with van der Waals surface area (Å²) in [5, 5.41) is 6.20. The molecular weight excluding hydrogens is 508 g/mol. The normalized spacial score (nSPS) is 16.5. The van der Waals surface area contributed by atoms with Gasteiger partial charge in [-0.2, -0.15) is 0 Å². The van der Waals surface area contributed by atoms with E-state index in [2.05, 4.69) is 27.0 Å². The Morgan fingerprint density at radius 2 is 2.08 bits per heavy atom. The number of thioether (sulfide) groups is 1. The first-order valence-corrected chi connectivity index (χ1v) is 14.1. The highest BCUT2D eigenvalue weighted by Crippen LogP contribution is 2.28. The van der Waals surface area contributed by atoms with Crippen LogP contribution in [0.3, 0.4) is 0 Å². The standard InChI is InChI=1S/C26H36N6O3S2/c1-8-20-14-31(11-12-32(20)25(34)35-26(4,5)6)24(33)19-9-10-22(28-13-19)29-16-36-15-21(27-7)23-17(2)30-18(3)37-23/h9-10,13,15,20H,7-8,11-12,14,16H2,1-6H3,(H,28,29)/b21-15-/t20-/m1/s1. The number of rotatable bonds is 8. The van der Waals surface area contributed by atoms with Crippen molar-refractivity contribution in [2.45, 2.75) is 59.6 Å². The van der Waals surface area contributed by atoms with Gasteiger partial charge in [0.05, 0.1) is 38.8 Å². The van der Waals surface area contributed by atoms with Gasteiger partial charge >= 0.3 is 6.09 Å². The number of amides is 2. The quantitative estimate of drug-likeness (QED) is 0.269. The molecule has 3 rings (SSSR count). The number of ether oxygens (including phenoxy) is 1. The Morgan fingerprint density at radius 3 is 2.65 bits per heavy atom. The second kappa shape index (κ2) is 12.6. The second-order valence-corrected chi connectivity index (χ2v) is 11.8. The van der Waals surface area contributed by atoms with Crippen molar-refractivity contribution >= 4 is 53.3 Å². The number of aliphatic imine (C=N–C) groups is 1. The van der Waals surface area contributed by atoms with Gasteiger partial charge < -0.3 is 19.9 Å². The van der Waals surface area contributed by atoms with Crippen LogP contribution in [0.4, 0.5) is 10.6 Å². The molecule has 2 amide bonds. The third-order valence-corrected chi connectivity index (χ3v) is 7.51. The minimum atomic E-state index is -0.552. The van der Waals surface area contributed by atoms with Crippen molar-refractivity contribution in [3.05, 3.63) is 44.9 Å². The van der Waals surface area contributed by atoms with Crippen LogP contribution in [0.1, 0.15) is 60.1 Å². The first kappa shape index (κ1) is 28.6. The van der Waals surface area contributed by atoms with Crippen molar-refractivity contribution in [3.63, 3.8) is 0 Å². The lowest BCUT2D eigenvalue weighted by Crippen LogP contribution is -2.57. The molecule has 9 nitrogen and oxygen atoms in total. The Hall–Kier alpha value is -2.92. The number of nitrogens with zero attached hydrogens (tertiary/aromatic N) is 5. The molecular formula is C26H36N6O3S2. The van der Waals surface area contributed by atoms with Gasteiger partial charge in [-0.15, -0.1) is 23.1 Å². The molecule has 1 fully saturated rings. The Morgan fingerprint density at radius 1 is 1.32 bits per heavy atom. The third-order valence-electron chi connectivity index (χ3n) is 5.72. The third kappa shape index (κ3) is 7.78. The van der Waals surface area contributed by atoms with E-state index in [-0.39, 0.29) is 18.0 Å². The van der Waals surface area contributed by atoms with E-state index in [0.29, 0.717) is 36.9 Å². The summed E-state index contributed by atoms with van der Waals surface area (Å²) in [5.41, 5.74) is 1.73. The second-order valence-electron chi connectivity index (χ2n) is 9.72. The number of hydrogen-bond donors (Lipinski definition) is 1. The number of piperazine rings is 1. The van der Waals surface area contributed by atoms with Gasteiger partial charge in [-0.1, -0.05) is 6.92 Å². The number of anilines is 1. The number of hydrogen-bond acceptors (Lipinski definition) is 9. The molecule has 0 unspecified atom stereocenters. The summed E-state index contributed by atoms with van der Waals surface area (Å²) >= 11 is 3.15. The predicted molar refractivity (Wildman–Crippen MR) is 152 cm³/mol. The average molecular weight is 545 g/mol. The van der Waals surface area contributed by atoms with Crippen LogP contribution in [-0.4, -0.2) is 75.6 Å². The number of nitrogens with one attached hydrogen (secondary N) is 1. The molecule has 11 heteroatoms. The maximum absolute atomic E-state index is 13.1. The van der Waals surface area contributed by atoms with Gasteiger partial charge in [0.25, 0.3) is 5.91 Å². The molecule has 37 heavy (non-hydrogen) atoms. The minimum absolute atomic E-state index is 0.0841. The molecule has 2 aromatic rings. The van der Waals surface area contributed by atoms with E-state index in [4.69, 9.17) is 4.74 Å². The maximum Gasteiger partial charge on any atom is 0.410 e. The smallest absolute Gasteiger partial charge is 0.410 e. The minimum Gasteiger partial charge on any atom is -0.444 e. The van der Waals surface area contributed by atoms with E-state index < -0.39 is 5.60 Å². The van der Waals surface area contributed by atoms with E-state index in [1.807, 2.05) is 47.0 Å². The fourth-order valence-corrected chi connectivity index (χ4v) is 5.56. The van der Waals surface area contributed by atoms with Crippen LogP contribution in [0.5, 0.6) is 0 Å². The zero-order chi connectivity index (χ0) is 27.2. The maximum atomic E-state index is 13.1. The van der Waals surface area contributed by atoms with Crippen LogP contribution in [0.2, 0.25) is 0 Å². The Labute approximate surface area is 227 Å².